The van der Waals surface area contributed by atoms with Crippen molar-refractivity contribution in [3.63, 3.8) is 0 Å². The Morgan fingerprint density at radius 1 is 1.00 bits per heavy atom. The SMILES string of the molecule is CC(C)(C)[Si](C)(C)Oc1cccc2c1ccn2C(=O)OCc1ccccc1. The highest BCUT2D eigenvalue weighted by atomic mass is 28.4. The van der Waals surface area contributed by atoms with E-state index in [1.165, 1.54) is 4.57 Å². The molecule has 2 aromatic carbocycles. The quantitative estimate of drug-likeness (QED) is 0.504. The lowest BCUT2D eigenvalue weighted by molar-refractivity contribution is 0.142. The highest BCUT2D eigenvalue weighted by Crippen LogP contribution is 2.39. The highest BCUT2D eigenvalue weighted by Gasteiger charge is 2.39. The van der Waals surface area contributed by atoms with Crippen LogP contribution < -0.4 is 4.43 Å². The summed E-state index contributed by atoms with van der Waals surface area (Å²) < 4.78 is 13.5. The number of benzene rings is 2. The zero-order valence-electron chi connectivity index (χ0n) is 16.7. The summed E-state index contributed by atoms with van der Waals surface area (Å²) in [4.78, 5) is 12.6. The number of nitrogens with zero attached hydrogens (tertiary/aromatic N) is 1. The molecule has 4 nitrogen and oxygen atoms in total. The highest BCUT2D eigenvalue weighted by molar-refractivity contribution is 6.74. The van der Waals surface area contributed by atoms with Gasteiger partial charge >= 0.3 is 6.09 Å². The number of fused-ring (bicyclic) bond motifs is 1. The van der Waals surface area contributed by atoms with Gasteiger partial charge < -0.3 is 9.16 Å². The lowest BCUT2D eigenvalue weighted by Crippen LogP contribution is -2.43. The van der Waals surface area contributed by atoms with Crippen molar-refractivity contribution in [2.24, 2.45) is 0 Å². The molecule has 0 saturated carbocycles. The van der Waals surface area contributed by atoms with Crippen molar-refractivity contribution in [2.45, 2.75) is 45.5 Å². The standard InChI is InChI=1S/C22H27NO3Si/c1-22(2,3)27(4,5)26-20-13-9-12-19-18(20)14-15-23(19)21(24)25-16-17-10-7-6-8-11-17/h6-15H,16H2,1-5H3. The van der Waals surface area contributed by atoms with Crippen molar-refractivity contribution in [1.29, 1.82) is 0 Å². The number of carbonyl (C=O) groups excluding carboxylic acids is 1. The molecule has 0 radical (unpaired) electrons. The molecule has 3 rings (SSSR count). The maximum atomic E-state index is 12.6. The van der Waals surface area contributed by atoms with Gasteiger partial charge in [0.15, 0.2) is 0 Å². The maximum Gasteiger partial charge on any atom is 0.418 e. The fourth-order valence-corrected chi connectivity index (χ4v) is 3.64. The Labute approximate surface area is 161 Å². The van der Waals surface area contributed by atoms with E-state index in [-0.39, 0.29) is 11.6 Å². The van der Waals surface area contributed by atoms with Crippen LogP contribution in [0.2, 0.25) is 18.1 Å². The van der Waals surface area contributed by atoms with Crippen LogP contribution in [0, 0.1) is 0 Å². The van der Waals surface area contributed by atoms with Crippen LogP contribution in [0.15, 0.2) is 60.8 Å². The van der Waals surface area contributed by atoms with Crippen LogP contribution >= 0.6 is 0 Å². The molecule has 1 aromatic heterocycles. The number of carbonyl (C=O) groups is 1. The third-order valence-electron chi connectivity index (χ3n) is 5.27. The number of hydrogen-bond acceptors (Lipinski definition) is 3. The summed E-state index contributed by atoms with van der Waals surface area (Å²) in [6.07, 6.45) is 1.36. The van der Waals surface area contributed by atoms with Gasteiger partial charge in [-0.15, -0.1) is 0 Å². The van der Waals surface area contributed by atoms with E-state index in [0.717, 1.165) is 22.2 Å². The van der Waals surface area contributed by atoms with E-state index in [9.17, 15) is 4.79 Å². The summed E-state index contributed by atoms with van der Waals surface area (Å²) in [5, 5.41) is 1.03. The summed E-state index contributed by atoms with van der Waals surface area (Å²) in [7, 11) is -1.97. The Hall–Kier alpha value is -2.53. The first kappa shape index (κ1) is 19.2. The van der Waals surface area contributed by atoms with Gasteiger partial charge in [-0.3, -0.25) is 4.57 Å². The molecule has 0 fully saturated rings. The number of ether oxygens (including phenoxy) is 1. The Bertz CT molecular complexity index is 939. The molecule has 3 aromatic rings. The van der Waals surface area contributed by atoms with Crippen LogP contribution in [0.3, 0.4) is 0 Å². The molecular weight excluding hydrogens is 354 g/mol. The van der Waals surface area contributed by atoms with Crippen molar-refractivity contribution < 1.29 is 14.0 Å². The van der Waals surface area contributed by atoms with Crippen LogP contribution in [0.4, 0.5) is 4.79 Å². The molecule has 0 saturated heterocycles. The summed E-state index contributed by atoms with van der Waals surface area (Å²) in [6, 6.07) is 17.4. The predicted molar refractivity (Wildman–Crippen MR) is 112 cm³/mol. The monoisotopic (exact) mass is 381 g/mol. The van der Waals surface area contributed by atoms with E-state index in [0.29, 0.717) is 0 Å². The normalized spacial score (nSPS) is 12.2. The molecule has 0 N–H and O–H groups in total. The summed E-state index contributed by atoms with van der Waals surface area (Å²) in [5.41, 5.74) is 1.76. The van der Waals surface area contributed by atoms with Gasteiger partial charge in [-0.1, -0.05) is 57.2 Å². The second-order valence-electron chi connectivity index (χ2n) is 8.28. The van der Waals surface area contributed by atoms with Crippen LogP contribution in [0.5, 0.6) is 5.75 Å². The molecule has 0 aliphatic rings. The van der Waals surface area contributed by atoms with E-state index in [2.05, 4.69) is 33.9 Å². The lowest BCUT2D eigenvalue weighted by Gasteiger charge is -2.36. The fourth-order valence-electron chi connectivity index (χ4n) is 2.60. The smallest absolute Gasteiger partial charge is 0.418 e. The molecule has 0 aliphatic carbocycles. The molecule has 1 heterocycles. The first-order chi connectivity index (χ1) is 12.7. The van der Waals surface area contributed by atoms with Crippen molar-refractivity contribution >= 4 is 25.3 Å². The number of rotatable bonds is 4. The molecule has 0 spiro atoms. The number of aromatic nitrogens is 1. The Morgan fingerprint density at radius 3 is 2.37 bits per heavy atom. The Balaban J connectivity index is 1.84. The second-order valence-corrected chi connectivity index (χ2v) is 13.0. The van der Waals surface area contributed by atoms with Crippen LogP contribution in [-0.2, 0) is 11.3 Å². The van der Waals surface area contributed by atoms with Gasteiger partial charge in [0.2, 0.25) is 0 Å². The van der Waals surface area contributed by atoms with Gasteiger partial charge in [0, 0.05) is 11.6 Å². The molecule has 142 valence electrons. The van der Waals surface area contributed by atoms with Gasteiger partial charge in [0.05, 0.1) is 5.52 Å². The molecule has 27 heavy (non-hydrogen) atoms. The third-order valence-corrected chi connectivity index (χ3v) is 9.61. The maximum absolute atomic E-state index is 12.6. The minimum Gasteiger partial charge on any atom is -0.543 e. The second kappa shape index (κ2) is 7.23. The van der Waals surface area contributed by atoms with Gasteiger partial charge in [0.25, 0.3) is 8.32 Å². The minimum absolute atomic E-state index is 0.104. The van der Waals surface area contributed by atoms with Crippen molar-refractivity contribution in [2.75, 3.05) is 0 Å². The van der Waals surface area contributed by atoms with Gasteiger partial charge in [-0.05, 0) is 41.9 Å². The van der Waals surface area contributed by atoms with E-state index < -0.39 is 14.4 Å². The van der Waals surface area contributed by atoms with Gasteiger partial charge in [0.1, 0.15) is 12.4 Å². The fraction of sp³-hybridized carbons (Fsp3) is 0.318. The summed E-state index contributed by atoms with van der Waals surface area (Å²) in [6.45, 7) is 11.3. The summed E-state index contributed by atoms with van der Waals surface area (Å²) >= 11 is 0. The van der Waals surface area contributed by atoms with Crippen LogP contribution in [0.1, 0.15) is 26.3 Å². The Kier molecular flexibility index (Phi) is 5.15. The third kappa shape index (κ3) is 4.08. The lowest BCUT2D eigenvalue weighted by atomic mass is 10.2. The summed E-state index contributed by atoms with van der Waals surface area (Å²) in [5.74, 6) is 0.828. The molecule has 0 aliphatic heterocycles. The van der Waals surface area contributed by atoms with Crippen LogP contribution in [0.25, 0.3) is 10.9 Å². The molecule has 0 bridgehead atoms. The molecule has 5 heteroatoms. The predicted octanol–water partition coefficient (Wildman–Crippen LogP) is 6.21. The zero-order chi connectivity index (χ0) is 19.7. The zero-order valence-corrected chi connectivity index (χ0v) is 17.7. The van der Waals surface area contributed by atoms with E-state index >= 15 is 0 Å². The molecule has 0 amide bonds. The first-order valence-corrected chi connectivity index (χ1v) is 12.1. The molecule has 0 atom stereocenters. The Morgan fingerprint density at radius 2 is 1.70 bits per heavy atom. The van der Waals surface area contributed by atoms with Crippen LogP contribution in [-0.4, -0.2) is 19.0 Å². The average Bonchev–Trinajstić information content (AvgIpc) is 3.04. The average molecular weight is 382 g/mol. The molecular formula is C22H27NO3Si. The van der Waals surface area contributed by atoms with Gasteiger partial charge in [-0.2, -0.15) is 0 Å². The topological polar surface area (TPSA) is 40.5 Å². The molecule has 0 unspecified atom stereocenters. The number of hydrogen-bond donors (Lipinski definition) is 0. The van der Waals surface area contributed by atoms with Gasteiger partial charge in [-0.25, -0.2) is 4.79 Å². The van der Waals surface area contributed by atoms with E-state index in [4.69, 9.17) is 9.16 Å². The van der Waals surface area contributed by atoms with Crippen molar-refractivity contribution in [3.05, 3.63) is 66.4 Å². The van der Waals surface area contributed by atoms with Crippen molar-refractivity contribution in [3.8, 4) is 5.75 Å². The minimum atomic E-state index is -1.97. The largest absolute Gasteiger partial charge is 0.543 e. The van der Waals surface area contributed by atoms with E-state index in [1.54, 1.807) is 6.20 Å². The van der Waals surface area contributed by atoms with Crippen molar-refractivity contribution in [1.82, 2.24) is 4.57 Å². The van der Waals surface area contributed by atoms with E-state index in [1.807, 2.05) is 54.6 Å². The first-order valence-electron chi connectivity index (χ1n) is 9.19.